The van der Waals surface area contributed by atoms with Gasteiger partial charge in [-0.2, -0.15) is 9.40 Å². The molecule has 0 atom stereocenters. The molecule has 8 nitrogen and oxygen atoms in total. The molecule has 4 aromatic rings. The zero-order valence-corrected chi connectivity index (χ0v) is 17.7. The van der Waals surface area contributed by atoms with Crippen molar-refractivity contribution >= 4 is 10.0 Å². The fourth-order valence-electron chi connectivity index (χ4n) is 3.64. The van der Waals surface area contributed by atoms with Crippen LogP contribution in [0, 0.1) is 0 Å². The molecule has 156 valence electrons. The number of fused-ring (bicyclic) bond motifs is 1. The van der Waals surface area contributed by atoms with Gasteiger partial charge in [0.2, 0.25) is 10.0 Å². The summed E-state index contributed by atoms with van der Waals surface area (Å²) in [6.45, 7) is 1.07. The first-order valence-corrected chi connectivity index (χ1v) is 11.7. The van der Waals surface area contributed by atoms with E-state index >= 15 is 0 Å². The van der Waals surface area contributed by atoms with Crippen molar-refractivity contribution in [1.82, 2.24) is 29.0 Å². The van der Waals surface area contributed by atoms with Crippen LogP contribution in [0.15, 0.2) is 67.1 Å². The number of hydrogen-bond donors (Lipinski definition) is 0. The fourth-order valence-corrected chi connectivity index (χ4v) is 4.36. The van der Waals surface area contributed by atoms with Crippen molar-refractivity contribution in [1.29, 1.82) is 0 Å². The van der Waals surface area contributed by atoms with Crippen LogP contribution < -0.4 is 0 Å². The molecule has 0 N–H and O–H groups in total. The van der Waals surface area contributed by atoms with Crippen LogP contribution in [0.25, 0.3) is 22.8 Å². The van der Waals surface area contributed by atoms with Crippen molar-refractivity contribution in [2.24, 2.45) is 0 Å². The van der Waals surface area contributed by atoms with Crippen molar-refractivity contribution in [3.8, 4) is 22.8 Å². The van der Waals surface area contributed by atoms with Gasteiger partial charge in [-0.3, -0.25) is 9.67 Å². The van der Waals surface area contributed by atoms with Crippen LogP contribution in [-0.2, 0) is 29.7 Å². The van der Waals surface area contributed by atoms with E-state index in [-0.39, 0.29) is 13.1 Å². The van der Waals surface area contributed by atoms with E-state index < -0.39 is 10.0 Å². The van der Waals surface area contributed by atoms with E-state index in [1.807, 2.05) is 59.4 Å². The summed E-state index contributed by atoms with van der Waals surface area (Å²) >= 11 is 0. The molecule has 0 bridgehead atoms. The number of benzene rings is 1. The number of nitrogens with zero attached hydrogens (tertiary/aromatic N) is 6. The van der Waals surface area contributed by atoms with Gasteiger partial charge >= 0.3 is 0 Å². The highest BCUT2D eigenvalue weighted by molar-refractivity contribution is 7.88. The Balaban J connectivity index is 1.57. The highest BCUT2D eigenvalue weighted by Crippen LogP contribution is 2.33. The minimum absolute atomic E-state index is 0.236. The maximum atomic E-state index is 12.2. The highest BCUT2D eigenvalue weighted by Gasteiger charge is 2.31. The molecule has 0 radical (unpaired) electrons. The summed E-state index contributed by atoms with van der Waals surface area (Å²) in [4.78, 5) is 13.6. The van der Waals surface area contributed by atoms with Crippen LogP contribution in [-0.4, -0.2) is 43.7 Å². The lowest BCUT2D eigenvalue weighted by Crippen LogP contribution is -2.23. The summed E-state index contributed by atoms with van der Waals surface area (Å²) in [7, 11) is -3.35. The van der Waals surface area contributed by atoms with Gasteiger partial charge < -0.3 is 0 Å². The SMILES string of the molecule is CS(=O)(=O)N1Cc2nc(-c3ccccc3)nc(-c3ccn(Cc4cccnc4)n3)c2C1. The zero-order chi connectivity index (χ0) is 21.4. The van der Waals surface area contributed by atoms with Gasteiger partial charge in [0.05, 0.1) is 30.7 Å². The Hall–Kier alpha value is -3.43. The van der Waals surface area contributed by atoms with Gasteiger partial charge in [-0.25, -0.2) is 18.4 Å². The monoisotopic (exact) mass is 432 g/mol. The summed E-state index contributed by atoms with van der Waals surface area (Å²) in [6, 6.07) is 15.5. The first-order valence-electron chi connectivity index (χ1n) is 9.80. The van der Waals surface area contributed by atoms with Gasteiger partial charge in [0.25, 0.3) is 0 Å². The predicted octanol–water partition coefficient (Wildman–Crippen LogP) is 2.73. The molecule has 1 aliphatic heterocycles. The van der Waals surface area contributed by atoms with Gasteiger partial charge in [0.15, 0.2) is 5.82 Å². The van der Waals surface area contributed by atoms with E-state index in [1.165, 1.54) is 10.6 Å². The zero-order valence-electron chi connectivity index (χ0n) is 16.9. The van der Waals surface area contributed by atoms with Crippen LogP contribution in [0.1, 0.15) is 16.8 Å². The van der Waals surface area contributed by atoms with E-state index in [0.29, 0.717) is 23.8 Å². The Morgan fingerprint density at radius 1 is 1.00 bits per heavy atom. The summed E-state index contributed by atoms with van der Waals surface area (Å²) in [5.41, 5.74) is 4.79. The van der Waals surface area contributed by atoms with Crippen molar-refractivity contribution in [2.45, 2.75) is 19.6 Å². The smallest absolute Gasteiger partial charge is 0.211 e. The molecule has 0 saturated heterocycles. The number of rotatable bonds is 5. The minimum Gasteiger partial charge on any atom is -0.268 e. The third kappa shape index (κ3) is 3.97. The topological polar surface area (TPSA) is 93.9 Å². The number of pyridine rings is 1. The van der Waals surface area contributed by atoms with Gasteiger partial charge in [-0.05, 0) is 17.7 Å². The molecule has 0 spiro atoms. The van der Waals surface area contributed by atoms with Crippen molar-refractivity contribution in [3.05, 3.63) is 83.9 Å². The second kappa shape index (κ2) is 7.68. The van der Waals surface area contributed by atoms with E-state index in [4.69, 9.17) is 10.1 Å². The summed E-state index contributed by atoms with van der Waals surface area (Å²) < 4.78 is 27.6. The van der Waals surface area contributed by atoms with Crippen molar-refractivity contribution in [2.75, 3.05) is 6.26 Å². The second-order valence-electron chi connectivity index (χ2n) is 7.48. The molecular formula is C22H20N6O2S. The molecule has 0 fully saturated rings. The van der Waals surface area contributed by atoms with E-state index in [2.05, 4.69) is 9.97 Å². The molecule has 0 aliphatic carbocycles. The van der Waals surface area contributed by atoms with Crippen LogP contribution in [0.5, 0.6) is 0 Å². The van der Waals surface area contributed by atoms with Gasteiger partial charge in [0.1, 0.15) is 5.69 Å². The Bertz CT molecular complexity index is 1340. The van der Waals surface area contributed by atoms with E-state index in [0.717, 1.165) is 22.4 Å². The Morgan fingerprint density at radius 3 is 2.58 bits per heavy atom. The normalized spacial score (nSPS) is 14.0. The molecule has 3 aromatic heterocycles. The number of hydrogen-bond acceptors (Lipinski definition) is 6. The van der Waals surface area contributed by atoms with E-state index in [9.17, 15) is 8.42 Å². The molecule has 0 unspecified atom stereocenters. The third-order valence-corrected chi connectivity index (χ3v) is 6.40. The molecule has 0 saturated carbocycles. The van der Waals surface area contributed by atoms with E-state index in [1.54, 1.807) is 12.4 Å². The molecule has 4 heterocycles. The minimum atomic E-state index is -3.35. The Kier molecular flexibility index (Phi) is 4.84. The fraction of sp³-hybridized carbons (Fsp3) is 0.182. The summed E-state index contributed by atoms with van der Waals surface area (Å²) in [6.07, 6.45) is 6.65. The third-order valence-electron chi connectivity index (χ3n) is 5.20. The lowest BCUT2D eigenvalue weighted by atomic mass is 10.1. The lowest BCUT2D eigenvalue weighted by Gasteiger charge is -2.10. The van der Waals surface area contributed by atoms with Crippen LogP contribution in [0.3, 0.4) is 0 Å². The molecule has 0 amide bonds. The quantitative estimate of drug-likeness (QED) is 0.481. The Labute approximate surface area is 180 Å². The average Bonchev–Trinajstić information content (AvgIpc) is 3.41. The van der Waals surface area contributed by atoms with Crippen LogP contribution in [0.2, 0.25) is 0 Å². The molecule has 1 aromatic carbocycles. The first kappa shape index (κ1) is 19.5. The van der Waals surface area contributed by atoms with Gasteiger partial charge in [0, 0.05) is 36.3 Å². The van der Waals surface area contributed by atoms with Crippen molar-refractivity contribution in [3.63, 3.8) is 0 Å². The first-order chi connectivity index (χ1) is 15.0. The van der Waals surface area contributed by atoms with Crippen LogP contribution in [0.4, 0.5) is 0 Å². The molecule has 31 heavy (non-hydrogen) atoms. The van der Waals surface area contributed by atoms with Gasteiger partial charge in [-0.1, -0.05) is 36.4 Å². The number of sulfonamides is 1. The predicted molar refractivity (Wildman–Crippen MR) is 116 cm³/mol. The summed E-state index contributed by atoms with van der Waals surface area (Å²) in [5.74, 6) is 0.562. The second-order valence-corrected chi connectivity index (χ2v) is 9.46. The number of aromatic nitrogens is 5. The molecule has 1 aliphatic rings. The Morgan fingerprint density at radius 2 is 1.84 bits per heavy atom. The lowest BCUT2D eigenvalue weighted by molar-refractivity contribution is 0.434. The highest BCUT2D eigenvalue weighted by atomic mass is 32.2. The maximum absolute atomic E-state index is 12.2. The van der Waals surface area contributed by atoms with Crippen molar-refractivity contribution < 1.29 is 8.42 Å². The average molecular weight is 433 g/mol. The molecular weight excluding hydrogens is 412 g/mol. The largest absolute Gasteiger partial charge is 0.268 e. The standard InChI is InChI=1S/C22H20N6O2S/c1-31(29,30)28-14-18-20(15-28)24-22(17-7-3-2-4-8-17)25-21(18)19-9-11-27(26-19)13-16-6-5-10-23-12-16/h2-12H,13-15H2,1H3. The maximum Gasteiger partial charge on any atom is 0.211 e. The molecule has 5 rings (SSSR count). The van der Waals surface area contributed by atoms with Crippen LogP contribution >= 0.6 is 0 Å². The summed E-state index contributed by atoms with van der Waals surface area (Å²) in [5, 5.41) is 4.71. The molecule has 9 heteroatoms. The van der Waals surface area contributed by atoms with Gasteiger partial charge in [-0.15, -0.1) is 0 Å².